The molecule has 2 aromatic carbocycles. The number of nitriles is 1. The van der Waals surface area contributed by atoms with Crippen LogP contribution in [0.3, 0.4) is 0 Å². The third-order valence-corrected chi connectivity index (χ3v) is 4.06. The molecule has 7 heteroatoms. The molecule has 0 saturated heterocycles. The van der Waals surface area contributed by atoms with E-state index < -0.39 is 5.91 Å². The second-order valence-electron chi connectivity index (χ2n) is 5.45. The average Bonchev–Trinajstić information content (AvgIpc) is 2.66. The van der Waals surface area contributed by atoms with Crippen LogP contribution in [0.25, 0.3) is 0 Å². The van der Waals surface area contributed by atoms with Crippen LogP contribution >= 0.6 is 11.6 Å². The van der Waals surface area contributed by atoms with Crippen molar-refractivity contribution < 1.29 is 4.79 Å². The summed E-state index contributed by atoms with van der Waals surface area (Å²) in [4.78, 5) is 20.8. The van der Waals surface area contributed by atoms with Crippen molar-refractivity contribution in [2.24, 2.45) is 0 Å². The van der Waals surface area contributed by atoms with E-state index in [1.807, 2.05) is 25.1 Å². The van der Waals surface area contributed by atoms with Crippen molar-refractivity contribution in [2.45, 2.75) is 6.92 Å². The predicted molar refractivity (Wildman–Crippen MR) is 101 cm³/mol. The molecule has 0 atom stereocenters. The van der Waals surface area contributed by atoms with Crippen LogP contribution in [0, 0.1) is 18.3 Å². The maximum atomic E-state index is 12.4. The van der Waals surface area contributed by atoms with E-state index in [9.17, 15) is 4.79 Å². The van der Waals surface area contributed by atoms with Crippen molar-refractivity contribution in [2.75, 3.05) is 10.6 Å². The Morgan fingerprint density at radius 3 is 2.81 bits per heavy atom. The first-order valence-electron chi connectivity index (χ1n) is 7.73. The molecule has 0 radical (unpaired) electrons. The quantitative estimate of drug-likeness (QED) is 0.720. The number of benzene rings is 2. The number of anilines is 3. The molecule has 0 spiro atoms. The summed E-state index contributed by atoms with van der Waals surface area (Å²) in [5.74, 6) is -0.109. The summed E-state index contributed by atoms with van der Waals surface area (Å²) >= 11 is 6.11. The third kappa shape index (κ3) is 3.97. The zero-order valence-corrected chi connectivity index (χ0v) is 14.6. The van der Waals surface area contributed by atoms with Crippen molar-refractivity contribution in [3.63, 3.8) is 0 Å². The van der Waals surface area contributed by atoms with Gasteiger partial charge in [-0.1, -0.05) is 23.7 Å². The van der Waals surface area contributed by atoms with Gasteiger partial charge in [-0.3, -0.25) is 4.79 Å². The Kier molecular flexibility index (Phi) is 5.11. The van der Waals surface area contributed by atoms with Crippen molar-refractivity contribution in [3.05, 3.63) is 76.6 Å². The zero-order chi connectivity index (χ0) is 18.5. The number of amides is 1. The molecule has 0 unspecified atom stereocenters. The van der Waals surface area contributed by atoms with Gasteiger partial charge < -0.3 is 10.6 Å². The summed E-state index contributed by atoms with van der Waals surface area (Å²) < 4.78 is 0. The van der Waals surface area contributed by atoms with Gasteiger partial charge >= 0.3 is 0 Å². The Morgan fingerprint density at radius 1 is 1.19 bits per heavy atom. The van der Waals surface area contributed by atoms with Crippen LogP contribution in [0.15, 0.2) is 54.7 Å². The summed E-state index contributed by atoms with van der Waals surface area (Å²) in [7, 11) is 0. The minimum Gasteiger partial charge on any atom is -0.324 e. The van der Waals surface area contributed by atoms with Crippen LogP contribution in [-0.2, 0) is 0 Å². The summed E-state index contributed by atoms with van der Waals surface area (Å²) in [5, 5.41) is 15.3. The van der Waals surface area contributed by atoms with Gasteiger partial charge in [0, 0.05) is 22.6 Å². The number of carbonyl (C=O) groups is 1. The molecule has 0 aliphatic heterocycles. The predicted octanol–water partition coefficient (Wildman–Crippen LogP) is 4.31. The first-order valence-corrected chi connectivity index (χ1v) is 8.11. The number of nitrogens with one attached hydrogen (secondary N) is 2. The van der Waals surface area contributed by atoms with E-state index in [0.29, 0.717) is 16.3 Å². The van der Waals surface area contributed by atoms with Crippen LogP contribution in [0.2, 0.25) is 5.02 Å². The lowest BCUT2D eigenvalue weighted by atomic mass is 10.2. The first-order chi connectivity index (χ1) is 12.6. The largest absolute Gasteiger partial charge is 0.324 e. The van der Waals surface area contributed by atoms with E-state index in [2.05, 4.69) is 20.6 Å². The number of carbonyl (C=O) groups excluding carboxylic acids is 1. The molecule has 1 heterocycles. The highest BCUT2D eigenvalue weighted by Crippen LogP contribution is 2.24. The van der Waals surface area contributed by atoms with Gasteiger partial charge in [-0.25, -0.2) is 9.97 Å². The van der Waals surface area contributed by atoms with Gasteiger partial charge in [0.15, 0.2) is 0 Å². The van der Waals surface area contributed by atoms with Gasteiger partial charge in [0.05, 0.1) is 11.6 Å². The lowest BCUT2D eigenvalue weighted by molar-refractivity contribution is 0.102. The Morgan fingerprint density at radius 2 is 2.00 bits per heavy atom. The fourth-order valence-corrected chi connectivity index (χ4v) is 2.44. The van der Waals surface area contributed by atoms with Gasteiger partial charge in [-0.05, 0) is 48.9 Å². The number of hydrogen-bond acceptors (Lipinski definition) is 5. The minimum atomic E-state index is -0.395. The number of hydrogen-bond donors (Lipinski definition) is 2. The van der Waals surface area contributed by atoms with Crippen LogP contribution in [0.5, 0.6) is 0 Å². The van der Waals surface area contributed by atoms with E-state index >= 15 is 0 Å². The molecule has 2 N–H and O–H groups in total. The van der Waals surface area contributed by atoms with Gasteiger partial charge in [0.25, 0.3) is 5.91 Å². The Labute approximate surface area is 155 Å². The highest BCUT2D eigenvalue weighted by molar-refractivity contribution is 6.31. The number of halogens is 1. The third-order valence-electron chi connectivity index (χ3n) is 3.65. The summed E-state index contributed by atoms with van der Waals surface area (Å²) in [6.45, 7) is 1.88. The van der Waals surface area contributed by atoms with Gasteiger partial charge in [-0.15, -0.1) is 0 Å². The van der Waals surface area contributed by atoms with E-state index in [0.717, 1.165) is 11.3 Å². The van der Waals surface area contributed by atoms with Gasteiger partial charge in [0.1, 0.15) is 5.69 Å². The molecule has 1 amide bonds. The molecule has 0 bridgehead atoms. The number of aromatic nitrogens is 2. The molecule has 128 valence electrons. The highest BCUT2D eigenvalue weighted by atomic mass is 35.5. The molecule has 3 aromatic rings. The number of nitrogens with zero attached hydrogens (tertiary/aromatic N) is 3. The molecule has 1 aromatic heterocycles. The van der Waals surface area contributed by atoms with Crippen molar-refractivity contribution in [3.8, 4) is 6.07 Å². The van der Waals surface area contributed by atoms with E-state index in [4.69, 9.17) is 16.9 Å². The van der Waals surface area contributed by atoms with Crippen LogP contribution in [0.4, 0.5) is 17.3 Å². The lowest BCUT2D eigenvalue weighted by Gasteiger charge is -2.10. The fourth-order valence-electron chi connectivity index (χ4n) is 2.27. The summed E-state index contributed by atoms with van der Waals surface area (Å²) in [6, 6.07) is 15.7. The molecule has 3 rings (SSSR count). The van der Waals surface area contributed by atoms with Gasteiger partial charge in [0.2, 0.25) is 5.95 Å². The zero-order valence-electron chi connectivity index (χ0n) is 13.8. The van der Waals surface area contributed by atoms with Crippen LogP contribution in [0.1, 0.15) is 21.6 Å². The Bertz CT molecular complexity index is 1010. The van der Waals surface area contributed by atoms with Gasteiger partial charge in [-0.2, -0.15) is 5.26 Å². The number of rotatable bonds is 4. The smallest absolute Gasteiger partial charge is 0.274 e. The SMILES string of the molecule is Cc1c(Cl)cccc1Nc1nccc(C(=O)Nc2cccc(C#N)c2)n1. The average molecular weight is 364 g/mol. The first kappa shape index (κ1) is 17.4. The normalized spacial score (nSPS) is 10.0. The maximum Gasteiger partial charge on any atom is 0.274 e. The van der Waals surface area contributed by atoms with E-state index in [-0.39, 0.29) is 11.6 Å². The standard InChI is InChI=1S/C19H14ClN5O/c1-12-15(20)6-3-7-16(12)24-19-22-9-8-17(25-19)18(26)23-14-5-2-4-13(10-14)11-21/h2-10H,1H3,(H,23,26)(H,22,24,25). The topological polar surface area (TPSA) is 90.7 Å². The molecule has 6 nitrogen and oxygen atoms in total. The molecule has 0 fully saturated rings. The molecule has 0 aliphatic carbocycles. The molecular formula is C19H14ClN5O. The molecule has 0 aliphatic rings. The van der Waals surface area contributed by atoms with Crippen LogP contribution in [-0.4, -0.2) is 15.9 Å². The second-order valence-corrected chi connectivity index (χ2v) is 5.86. The maximum absolute atomic E-state index is 12.4. The van der Waals surface area contributed by atoms with Crippen molar-refractivity contribution in [1.29, 1.82) is 5.26 Å². The summed E-state index contributed by atoms with van der Waals surface area (Å²) in [6.07, 6.45) is 1.50. The fraction of sp³-hybridized carbons (Fsp3) is 0.0526. The molecule has 26 heavy (non-hydrogen) atoms. The lowest BCUT2D eigenvalue weighted by Crippen LogP contribution is -2.15. The van der Waals surface area contributed by atoms with Crippen molar-refractivity contribution >= 4 is 34.8 Å². The Balaban J connectivity index is 1.79. The van der Waals surface area contributed by atoms with E-state index in [1.54, 1.807) is 30.3 Å². The van der Waals surface area contributed by atoms with Crippen molar-refractivity contribution in [1.82, 2.24) is 9.97 Å². The summed E-state index contributed by atoms with van der Waals surface area (Å²) in [5.41, 5.74) is 2.80. The van der Waals surface area contributed by atoms with Crippen LogP contribution < -0.4 is 10.6 Å². The Hall–Kier alpha value is -3.43. The molecular weight excluding hydrogens is 350 g/mol. The monoisotopic (exact) mass is 363 g/mol. The highest BCUT2D eigenvalue weighted by Gasteiger charge is 2.11. The van der Waals surface area contributed by atoms with E-state index in [1.165, 1.54) is 12.3 Å². The second kappa shape index (κ2) is 7.64. The minimum absolute atomic E-state index is 0.199. The molecule has 0 saturated carbocycles.